The maximum Gasteiger partial charge on any atom is 0.323 e. The Bertz CT molecular complexity index is 630. The lowest BCUT2D eigenvalue weighted by Crippen LogP contribution is -2.19. The third kappa shape index (κ3) is 5.71. The van der Waals surface area contributed by atoms with E-state index in [1.54, 1.807) is 49.6 Å². The lowest BCUT2D eigenvalue weighted by molar-refractivity contribution is 0.262. The summed E-state index contributed by atoms with van der Waals surface area (Å²) in [5.74, 6) is 1.14. The molecule has 0 fully saturated rings. The first-order valence-corrected chi connectivity index (χ1v) is 7.56. The third-order valence-corrected chi connectivity index (χ3v) is 3.00. The molecule has 0 aliphatic rings. The van der Waals surface area contributed by atoms with Crippen LogP contribution in [-0.4, -0.2) is 20.3 Å². The summed E-state index contributed by atoms with van der Waals surface area (Å²) < 4.78 is 10.3. The zero-order valence-electron chi connectivity index (χ0n) is 13.6. The Kier molecular flexibility index (Phi) is 7.77. The monoisotopic (exact) mass is 336 g/mol. The van der Waals surface area contributed by atoms with Crippen LogP contribution in [-0.2, 0) is 0 Å². The van der Waals surface area contributed by atoms with Crippen molar-refractivity contribution in [1.29, 1.82) is 0 Å². The van der Waals surface area contributed by atoms with Gasteiger partial charge < -0.3 is 20.1 Å². The average Bonchev–Trinajstić information content (AvgIpc) is 2.58. The first-order chi connectivity index (χ1) is 11.1. The number of hydrogen-bond donors (Lipinski definition) is 2. The standard InChI is InChI=1S/C15H15ClN2O3.C2H6/c1-20-13-8-7-12(9-14(13)21-2)18-15(19)17-11-5-3-10(16)4-6-11;1-2/h3-9H,1-2H3,(H2,17,18,19);1-2H3. The smallest absolute Gasteiger partial charge is 0.323 e. The van der Waals surface area contributed by atoms with Gasteiger partial charge in [0.25, 0.3) is 0 Å². The Hall–Kier alpha value is -2.40. The van der Waals surface area contributed by atoms with Crippen molar-refractivity contribution >= 4 is 29.0 Å². The van der Waals surface area contributed by atoms with E-state index in [1.807, 2.05) is 13.8 Å². The molecular weight excluding hydrogens is 316 g/mol. The number of methoxy groups -OCH3 is 2. The number of amides is 2. The van der Waals surface area contributed by atoms with Crippen molar-refractivity contribution in [3.05, 3.63) is 47.5 Å². The molecule has 0 aliphatic heterocycles. The van der Waals surface area contributed by atoms with Crippen LogP contribution in [0, 0.1) is 0 Å². The SMILES string of the molecule is CC.COc1ccc(NC(=O)Nc2ccc(Cl)cc2)cc1OC. The minimum absolute atomic E-state index is 0.357. The van der Waals surface area contributed by atoms with E-state index in [4.69, 9.17) is 21.1 Å². The zero-order valence-corrected chi connectivity index (χ0v) is 14.4. The second-order valence-electron chi connectivity index (χ2n) is 4.16. The molecule has 0 spiro atoms. The fourth-order valence-electron chi connectivity index (χ4n) is 1.74. The van der Waals surface area contributed by atoms with Gasteiger partial charge in [0.15, 0.2) is 11.5 Å². The molecule has 0 aromatic heterocycles. The summed E-state index contributed by atoms with van der Waals surface area (Å²) in [7, 11) is 3.09. The minimum atomic E-state index is -0.357. The van der Waals surface area contributed by atoms with E-state index >= 15 is 0 Å². The second kappa shape index (κ2) is 9.58. The van der Waals surface area contributed by atoms with E-state index < -0.39 is 0 Å². The van der Waals surface area contributed by atoms with Crippen LogP contribution in [0.1, 0.15) is 13.8 Å². The molecule has 2 rings (SSSR count). The first kappa shape index (κ1) is 18.6. The summed E-state index contributed by atoms with van der Waals surface area (Å²) >= 11 is 5.79. The number of anilines is 2. The van der Waals surface area contributed by atoms with Crippen LogP contribution in [0.25, 0.3) is 0 Å². The van der Waals surface area contributed by atoms with E-state index in [9.17, 15) is 4.79 Å². The number of carbonyl (C=O) groups excluding carboxylic acids is 1. The van der Waals surface area contributed by atoms with Gasteiger partial charge in [0.2, 0.25) is 0 Å². The predicted molar refractivity (Wildman–Crippen MR) is 95.0 cm³/mol. The summed E-state index contributed by atoms with van der Waals surface area (Å²) in [5, 5.41) is 6.03. The fourth-order valence-corrected chi connectivity index (χ4v) is 1.87. The Balaban J connectivity index is 0.00000127. The maximum atomic E-state index is 11.9. The topological polar surface area (TPSA) is 59.6 Å². The van der Waals surface area contributed by atoms with E-state index in [-0.39, 0.29) is 6.03 Å². The predicted octanol–water partition coefficient (Wildman–Crippen LogP) is 5.03. The molecule has 2 aromatic carbocycles. The van der Waals surface area contributed by atoms with Gasteiger partial charge >= 0.3 is 6.03 Å². The van der Waals surface area contributed by atoms with Crippen molar-refractivity contribution in [2.75, 3.05) is 24.9 Å². The largest absolute Gasteiger partial charge is 0.493 e. The molecule has 2 aromatic rings. The molecule has 124 valence electrons. The zero-order chi connectivity index (χ0) is 17.2. The van der Waals surface area contributed by atoms with Crippen molar-refractivity contribution in [2.24, 2.45) is 0 Å². The number of urea groups is 1. The van der Waals surface area contributed by atoms with Crippen LogP contribution in [0.3, 0.4) is 0 Å². The van der Waals surface area contributed by atoms with E-state index in [0.29, 0.717) is 27.9 Å². The quantitative estimate of drug-likeness (QED) is 0.823. The number of carbonyl (C=O) groups is 1. The van der Waals surface area contributed by atoms with Gasteiger partial charge in [0.1, 0.15) is 0 Å². The highest BCUT2D eigenvalue weighted by molar-refractivity contribution is 6.30. The molecule has 0 atom stereocenters. The molecule has 0 saturated carbocycles. The van der Waals surface area contributed by atoms with Crippen molar-refractivity contribution in [1.82, 2.24) is 0 Å². The molecule has 0 saturated heterocycles. The number of benzene rings is 2. The van der Waals surface area contributed by atoms with Crippen LogP contribution < -0.4 is 20.1 Å². The summed E-state index contributed by atoms with van der Waals surface area (Å²) in [6.07, 6.45) is 0. The number of hydrogen-bond acceptors (Lipinski definition) is 3. The number of nitrogens with one attached hydrogen (secondary N) is 2. The fraction of sp³-hybridized carbons (Fsp3) is 0.235. The van der Waals surface area contributed by atoms with Gasteiger partial charge in [-0.15, -0.1) is 0 Å². The molecule has 0 bridgehead atoms. The minimum Gasteiger partial charge on any atom is -0.493 e. The normalized spacial score (nSPS) is 9.26. The van der Waals surface area contributed by atoms with Crippen LogP contribution in [0.15, 0.2) is 42.5 Å². The second-order valence-corrected chi connectivity index (χ2v) is 4.59. The molecule has 0 heterocycles. The van der Waals surface area contributed by atoms with Crippen LogP contribution in [0.4, 0.5) is 16.2 Å². The highest BCUT2D eigenvalue weighted by Crippen LogP contribution is 2.29. The van der Waals surface area contributed by atoms with Crippen LogP contribution in [0.5, 0.6) is 11.5 Å². The Labute approximate surface area is 141 Å². The van der Waals surface area contributed by atoms with Crippen molar-refractivity contribution in [2.45, 2.75) is 13.8 Å². The van der Waals surface area contributed by atoms with E-state index in [1.165, 1.54) is 7.11 Å². The van der Waals surface area contributed by atoms with Crippen LogP contribution >= 0.6 is 11.6 Å². The van der Waals surface area contributed by atoms with E-state index in [2.05, 4.69) is 10.6 Å². The highest BCUT2D eigenvalue weighted by atomic mass is 35.5. The number of rotatable bonds is 4. The van der Waals surface area contributed by atoms with Crippen molar-refractivity contribution in [3.63, 3.8) is 0 Å². The molecular formula is C17H21ClN2O3. The average molecular weight is 337 g/mol. The van der Waals surface area contributed by atoms with Gasteiger partial charge in [-0.05, 0) is 36.4 Å². The molecule has 0 aliphatic carbocycles. The lowest BCUT2D eigenvalue weighted by Gasteiger charge is -2.11. The van der Waals surface area contributed by atoms with Gasteiger partial charge in [-0.25, -0.2) is 4.79 Å². The molecule has 0 unspecified atom stereocenters. The molecule has 6 heteroatoms. The maximum absolute atomic E-state index is 11.9. The molecule has 0 radical (unpaired) electrons. The van der Waals surface area contributed by atoms with Gasteiger partial charge in [-0.2, -0.15) is 0 Å². The number of ether oxygens (including phenoxy) is 2. The number of halogens is 1. The molecule has 23 heavy (non-hydrogen) atoms. The van der Waals surface area contributed by atoms with Crippen LogP contribution in [0.2, 0.25) is 5.02 Å². The van der Waals surface area contributed by atoms with Gasteiger partial charge in [-0.1, -0.05) is 25.4 Å². The summed E-state index contributed by atoms with van der Waals surface area (Å²) in [6.45, 7) is 4.00. The Morgan fingerprint density at radius 1 is 0.870 bits per heavy atom. The van der Waals surface area contributed by atoms with Gasteiger partial charge in [-0.3, -0.25) is 0 Å². The summed E-state index contributed by atoms with van der Waals surface area (Å²) in [5.41, 5.74) is 1.25. The third-order valence-electron chi connectivity index (χ3n) is 2.74. The van der Waals surface area contributed by atoms with Gasteiger partial charge in [0, 0.05) is 22.5 Å². The Morgan fingerprint density at radius 2 is 1.39 bits per heavy atom. The summed E-state index contributed by atoms with van der Waals surface area (Å²) in [4.78, 5) is 11.9. The summed E-state index contributed by atoms with van der Waals surface area (Å²) in [6, 6.07) is 11.6. The van der Waals surface area contributed by atoms with E-state index in [0.717, 1.165) is 0 Å². The molecule has 2 N–H and O–H groups in total. The highest BCUT2D eigenvalue weighted by Gasteiger charge is 2.07. The van der Waals surface area contributed by atoms with Gasteiger partial charge in [0.05, 0.1) is 14.2 Å². The first-order valence-electron chi connectivity index (χ1n) is 7.18. The Morgan fingerprint density at radius 3 is 1.96 bits per heavy atom. The molecule has 2 amide bonds. The van der Waals surface area contributed by atoms with Crippen molar-refractivity contribution < 1.29 is 14.3 Å². The lowest BCUT2D eigenvalue weighted by atomic mass is 10.2. The molecule has 5 nitrogen and oxygen atoms in total. The van der Waals surface area contributed by atoms with Crippen molar-refractivity contribution in [3.8, 4) is 11.5 Å².